The third kappa shape index (κ3) is 4.62. The number of amides is 2. The van der Waals surface area contributed by atoms with Crippen LogP contribution in [0.1, 0.15) is 31.7 Å². The van der Waals surface area contributed by atoms with Gasteiger partial charge in [0.1, 0.15) is 0 Å². The van der Waals surface area contributed by atoms with Crippen LogP contribution < -0.4 is 10.6 Å². The van der Waals surface area contributed by atoms with Crippen LogP contribution >= 0.6 is 0 Å². The van der Waals surface area contributed by atoms with Crippen molar-refractivity contribution in [1.29, 1.82) is 0 Å². The fraction of sp³-hybridized carbons (Fsp3) is 0.500. The summed E-state index contributed by atoms with van der Waals surface area (Å²) < 4.78 is 1.81. The van der Waals surface area contributed by atoms with Crippen LogP contribution in [-0.2, 0) is 13.0 Å². The molecule has 7 nitrogen and oxygen atoms in total. The zero-order valence-electron chi connectivity index (χ0n) is 12.7. The molecule has 0 fully saturated rings. The quantitative estimate of drug-likeness (QED) is 0.761. The number of aryl methyl sites for hydroxylation is 2. The molecule has 2 aromatic rings. The first kappa shape index (κ1) is 15.1. The van der Waals surface area contributed by atoms with Crippen LogP contribution in [0.15, 0.2) is 18.5 Å². The lowest BCUT2D eigenvalue weighted by Gasteiger charge is -2.12. The van der Waals surface area contributed by atoms with E-state index in [-0.39, 0.29) is 12.1 Å². The van der Waals surface area contributed by atoms with E-state index < -0.39 is 0 Å². The second-order valence-corrected chi connectivity index (χ2v) is 5.24. The molecular weight excluding hydrogens is 268 g/mol. The van der Waals surface area contributed by atoms with E-state index in [1.165, 1.54) is 0 Å². The molecule has 7 heteroatoms. The molecule has 0 aromatic carbocycles. The van der Waals surface area contributed by atoms with Gasteiger partial charge in [0.05, 0.1) is 17.6 Å². The maximum Gasteiger partial charge on any atom is 0.319 e. The molecule has 0 saturated heterocycles. The molecule has 2 amide bonds. The summed E-state index contributed by atoms with van der Waals surface area (Å²) in [6, 6.07) is 1.74. The highest BCUT2D eigenvalue weighted by Gasteiger charge is 2.10. The number of carbonyl (C=O) groups is 1. The zero-order chi connectivity index (χ0) is 15.2. The molecule has 0 aliphatic carbocycles. The fourth-order valence-electron chi connectivity index (χ4n) is 2.11. The van der Waals surface area contributed by atoms with Gasteiger partial charge in [0.15, 0.2) is 0 Å². The van der Waals surface area contributed by atoms with Crippen molar-refractivity contribution in [2.75, 3.05) is 5.32 Å². The summed E-state index contributed by atoms with van der Waals surface area (Å²) in [7, 11) is 0. The summed E-state index contributed by atoms with van der Waals surface area (Å²) in [4.78, 5) is 11.9. The van der Waals surface area contributed by atoms with Crippen molar-refractivity contribution in [3.05, 3.63) is 29.8 Å². The van der Waals surface area contributed by atoms with Crippen LogP contribution in [0.2, 0.25) is 0 Å². The normalized spacial score (nSPS) is 12.1. The second-order valence-electron chi connectivity index (χ2n) is 5.24. The molecule has 2 heterocycles. The largest absolute Gasteiger partial charge is 0.335 e. The summed E-state index contributed by atoms with van der Waals surface area (Å²) in [5, 5.41) is 16.9. The molecule has 0 saturated carbocycles. The first-order chi connectivity index (χ1) is 10.1. The highest BCUT2D eigenvalue weighted by Crippen LogP contribution is 2.06. The summed E-state index contributed by atoms with van der Waals surface area (Å²) in [6.45, 7) is 6.83. The molecule has 3 N–H and O–H groups in total. The van der Waals surface area contributed by atoms with Gasteiger partial charge in [-0.25, -0.2) is 4.79 Å². The van der Waals surface area contributed by atoms with Crippen LogP contribution in [0.4, 0.5) is 10.5 Å². The Kier molecular flexibility index (Phi) is 4.97. The molecule has 0 unspecified atom stereocenters. The zero-order valence-corrected chi connectivity index (χ0v) is 12.7. The predicted octanol–water partition coefficient (Wildman–Crippen LogP) is 2.08. The molecule has 0 bridgehead atoms. The number of carbonyl (C=O) groups excluding carboxylic acids is 1. The molecule has 0 radical (unpaired) electrons. The van der Waals surface area contributed by atoms with E-state index in [1.807, 2.05) is 30.8 Å². The van der Waals surface area contributed by atoms with E-state index in [4.69, 9.17) is 0 Å². The van der Waals surface area contributed by atoms with E-state index in [9.17, 15) is 4.79 Å². The van der Waals surface area contributed by atoms with Gasteiger partial charge in [-0.1, -0.05) is 6.92 Å². The van der Waals surface area contributed by atoms with Crippen molar-refractivity contribution in [1.82, 2.24) is 25.3 Å². The Morgan fingerprint density at radius 3 is 3.00 bits per heavy atom. The SMILES string of the molecule is CCCn1cc(NC(=O)N[C@@H](C)Cc2cc(C)[nH]n2)cn1. The average molecular weight is 290 g/mol. The average Bonchev–Trinajstić information content (AvgIpc) is 2.99. The third-order valence-electron chi connectivity index (χ3n) is 3.00. The molecule has 114 valence electrons. The lowest BCUT2D eigenvalue weighted by molar-refractivity contribution is 0.249. The predicted molar refractivity (Wildman–Crippen MR) is 81.2 cm³/mol. The first-order valence-corrected chi connectivity index (χ1v) is 7.17. The van der Waals surface area contributed by atoms with Gasteiger partial charge in [-0.05, 0) is 26.3 Å². The number of nitrogens with one attached hydrogen (secondary N) is 3. The van der Waals surface area contributed by atoms with E-state index in [1.54, 1.807) is 6.20 Å². The van der Waals surface area contributed by atoms with E-state index in [0.29, 0.717) is 12.1 Å². The van der Waals surface area contributed by atoms with Gasteiger partial charge >= 0.3 is 6.03 Å². The molecule has 0 spiro atoms. The Hall–Kier alpha value is -2.31. The van der Waals surface area contributed by atoms with Crippen molar-refractivity contribution in [3.8, 4) is 0 Å². The number of anilines is 1. The van der Waals surface area contributed by atoms with Gasteiger partial charge in [0.25, 0.3) is 0 Å². The number of aromatic nitrogens is 4. The Morgan fingerprint density at radius 2 is 2.33 bits per heavy atom. The van der Waals surface area contributed by atoms with Crippen LogP contribution in [0.5, 0.6) is 0 Å². The lowest BCUT2D eigenvalue weighted by Crippen LogP contribution is -2.37. The summed E-state index contributed by atoms with van der Waals surface area (Å²) in [5.41, 5.74) is 2.66. The number of H-pyrrole nitrogens is 1. The highest BCUT2D eigenvalue weighted by molar-refractivity contribution is 5.89. The summed E-state index contributed by atoms with van der Waals surface area (Å²) >= 11 is 0. The Bertz CT molecular complexity index is 588. The minimum atomic E-state index is -0.231. The number of urea groups is 1. The molecular formula is C14H22N6O. The molecule has 21 heavy (non-hydrogen) atoms. The monoisotopic (exact) mass is 290 g/mol. The summed E-state index contributed by atoms with van der Waals surface area (Å²) in [5.74, 6) is 0. The molecule has 2 rings (SSSR count). The topological polar surface area (TPSA) is 87.6 Å². The van der Waals surface area contributed by atoms with Gasteiger partial charge in [-0.2, -0.15) is 10.2 Å². The van der Waals surface area contributed by atoms with Crippen molar-refractivity contribution < 1.29 is 4.79 Å². The van der Waals surface area contributed by atoms with Crippen molar-refractivity contribution in [3.63, 3.8) is 0 Å². The van der Waals surface area contributed by atoms with Crippen molar-refractivity contribution in [2.45, 2.75) is 46.2 Å². The Balaban J connectivity index is 1.80. The standard InChI is InChI=1S/C14H22N6O/c1-4-5-20-9-13(8-15-20)17-14(21)16-10(2)6-12-7-11(3)18-19-12/h7-10H,4-6H2,1-3H3,(H,18,19)(H2,16,17,21)/t10-/m0/s1. The van der Waals surface area contributed by atoms with Crippen LogP contribution in [-0.4, -0.2) is 32.1 Å². The Labute approximate surface area is 124 Å². The van der Waals surface area contributed by atoms with Gasteiger partial charge in [0, 0.05) is 30.9 Å². The minimum Gasteiger partial charge on any atom is -0.335 e. The van der Waals surface area contributed by atoms with Crippen LogP contribution in [0, 0.1) is 6.92 Å². The van der Waals surface area contributed by atoms with Crippen molar-refractivity contribution >= 4 is 11.7 Å². The van der Waals surface area contributed by atoms with E-state index in [2.05, 4.69) is 32.9 Å². The second kappa shape index (κ2) is 6.92. The lowest BCUT2D eigenvalue weighted by atomic mass is 10.2. The molecule has 2 aromatic heterocycles. The number of hydrogen-bond acceptors (Lipinski definition) is 3. The molecule has 1 atom stereocenters. The number of rotatable bonds is 6. The smallest absolute Gasteiger partial charge is 0.319 e. The number of nitrogens with zero attached hydrogens (tertiary/aromatic N) is 3. The number of hydrogen-bond donors (Lipinski definition) is 3. The van der Waals surface area contributed by atoms with Crippen LogP contribution in [0.25, 0.3) is 0 Å². The molecule has 0 aliphatic rings. The van der Waals surface area contributed by atoms with E-state index >= 15 is 0 Å². The maximum absolute atomic E-state index is 11.9. The minimum absolute atomic E-state index is 0.00149. The van der Waals surface area contributed by atoms with E-state index in [0.717, 1.165) is 24.4 Å². The van der Waals surface area contributed by atoms with Gasteiger partial charge in [-0.3, -0.25) is 9.78 Å². The third-order valence-corrected chi connectivity index (χ3v) is 3.00. The molecule has 0 aliphatic heterocycles. The van der Waals surface area contributed by atoms with Gasteiger partial charge < -0.3 is 10.6 Å². The van der Waals surface area contributed by atoms with Crippen molar-refractivity contribution in [2.24, 2.45) is 0 Å². The first-order valence-electron chi connectivity index (χ1n) is 7.17. The Morgan fingerprint density at radius 1 is 1.52 bits per heavy atom. The highest BCUT2D eigenvalue weighted by atomic mass is 16.2. The summed E-state index contributed by atoms with van der Waals surface area (Å²) in [6.07, 6.45) is 5.17. The maximum atomic E-state index is 11.9. The van der Waals surface area contributed by atoms with Crippen LogP contribution in [0.3, 0.4) is 0 Å². The van der Waals surface area contributed by atoms with Gasteiger partial charge in [-0.15, -0.1) is 0 Å². The fourth-order valence-corrected chi connectivity index (χ4v) is 2.11. The van der Waals surface area contributed by atoms with Gasteiger partial charge in [0.2, 0.25) is 0 Å². The number of aromatic amines is 1.